The third-order valence-corrected chi connectivity index (χ3v) is 6.54. The second-order valence-electron chi connectivity index (χ2n) is 6.18. The molecule has 1 saturated heterocycles. The lowest BCUT2D eigenvalue weighted by Crippen LogP contribution is -2.51. The molecule has 0 saturated carbocycles. The largest absolute Gasteiger partial charge is 0.452 e. The van der Waals surface area contributed by atoms with Crippen molar-refractivity contribution in [1.29, 1.82) is 0 Å². The molecule has 9 heteroatoms. The van der Waals surface area contributed by atoms with E-state index < -0.39 is 16.0 Å². The minimum atomic E-state index is -3.64. The Balaban J connectivity index is 1.52. The molecule has 1 heterocycles. The van der Waals surface area contributed by atoms with E-state index in [1.807, 2.05) is 0 Å². The summed E-state index contributed by atoms with van der Waals surface area (Å²) in [5.41, 5.74) is 0.370. The Kier molecular flexibility index (Phi) is 6.33. The van der Waals surface area contributed by atoms with Crippen LogP contribution in [0.25, 0.3) is 0 Å². The van der Waals surface area contributed by atoms with Gasteiger partial charge in [0.1, 0.15) is 0 Å². The van der Waals surface area contributed by atoms with Crippen LogP contribution in [0.15, 0.2) is 59.5 Å². The van der Waals surface area contributed by atoms with Gasteiger partial charge in [-0.25, -0.2) is 13.2 Å². The van der Waals surface area contributed by atoms with Crippen LogP contribution in [0.4, 0.5) is 0 Å². The number of esters is 1. The van der Waals surface area contributed by atoms with Crippen LogP contribution in [0.3, 0.4) is 0 Å². The van der Waals surface area contributed by atoms with E-state index in [0.29, 0.717) is 10.6 Å². The Bertz CT molecular complexity index is 940. The minimum Gasteiger partial charge on any atom is -0.452 e. The standard InChI is InChI=1S/C19H19ClN2O5S/c20-16-6-8-17(9-7-16)28(25,26)22-12-10-21(11-13-22)18(23)14-27-19(24)15-4-2-1-3-5-15/h1-9H,10-14H2. The van der Waals surface area contributed by atoms with Gasteiger partial charge in [-0.3, -0.25) is 4.79 Å². The highest BCUT2D eigenvalue weighted by atomic mass is 35.5. The molecule has 2 aromatic carbocycles. The third kappa shape index (κ3) is 4.70. The monoisotopic (exact) mass is 422 g/mol. The van der Waals surface area contributed by atoms with Crippen LogP contribution in [0.2, 0.25) is 5.02 Å². The quantitative estimate of drug-likeness (QED) is 0.688. The Morgan fingerprint density at radius 3 is 2.14 bits per heavy atom. The Morgan fingerprint density at radius 1 is 0.929 bits per heavy atom. The molecule has 1 aliphatic heterocycles. The summed E-state index contributed by atoms with van der Waals surface area (Å²) >= 11 is 5.80. The van der Waals surface area contributed by atoms with Gasteiger partial charge in [0, 0.05) is 31.2 Å². The number of hydrogen-bond donors (Lipinski definition) is 0. The highest BCUT2D eigenvalue weighted by molar-refractivity contribution is 7.89. The summed E-state index contributed by atoms with van der Waals surface area (Å²) in [5, 5.41) is 0.458. The Morgan fingerprint density at radius 2 is 1.54 bits per heavy atom. The average Bonchev–Trinajstić information content (AvgIpc) is 2.73. The van der Waals surface area contributed by atoms with Crippen molar-refractivity contribution in [3.63, 3.8) is 0 Å². The maximum atomic E-state index is 12.7. The van der Waals surface area contributed by atoms with Crippen LogP contribution < -0.4 is 0 Å². The maximum absolute atomic E-state index is 12.7. The summed E-state index contributed by atoms with van der Waals surface area (Å²) in [7, 11) is -3.64. The van der Waals surface area contributed by atoms with E-state index in [1.54, 1.807) is 30.3 Å². The molecule has 3 rings (SSSR count). The number of piperazine rings is 1. The molecule has 1 aliphatic rings. The van der Waals surface area contributed by atoms with Crippen LogP contribution in [-0.4, -0.2) is 62.3 Å². The molecule has 2 aromatic rings. The lowest BCUT2D eigenvalue weighted by Gasteiger charge is -2.33. The van der Waals surface area contributed by atoms with E-state index in [4.69, 9.17) is 16.3 Å². The fourth-order valence-electron chi connectivity index (χ4n) is 2.81. The van der Waals surface area contributed by atoms with Gasteiger partial charge in [-0.15, -0.1) is 0 Å². The number of ether oxygens (including phenoxy) is 1. The first-order valence-electron chi connectivity index (χ1n) is 8.63. The maximum Gasteiger partial charge on any atom is 0.338 e. The molecule has 0 radical (unpaired) electrons. The number of carbonyl (C=O) groups is 2. The number of hydrogen-bond acceptors (Lipinski definition) is 5. The van der Waals surface area contributed by atoms with Crippen molar-refractivity contribution in [2.45, 2.75) is 4.90 Å². The third-order valence-electron chi connectivity index (χ3n) is 4.38. The van der Waals surface area contributed by atoms with Crippen LogP contribution in [0.5, 0.6) is 0 Å². The number of sulfonamides is 1. The van der Waals surface area contributed by atoms with Crippen molar-refractivity contribution >= 4 is 33.5 Å². The predicted molar refractivity (Wildman–Crippen MR) is 104 cm³/mol. The first-order chi connectivity index (χ1) is 13.4. The van der Waals surface area contributed by atoms with Gasteiger partial charge in [0.2, 0.25) is 10.0 Å². The lowest BCUT2D eigenvalue weighted by atomic mass is 10.2. The summed E-state index contributed by atoms with van der Waals surface area (Å²) in [6.45, 7) is 0.424. The number of halogens is 1. The van der Waals surface area contributed by atoms with Gasteiger partial charge in [-0.05, 0) is 36.4 Å². The molecule has 0 atom stereocenters. The van der Waals surface area contributed by atoms with Crippen molar-refractivity contribution in [2.24, 2.45) is 0 Å². The van der Waals surface area contributed by atoms with Gasteiger partial charge in [-0.1, -0.05) is 29.8 Å². The summed E-state index contributed by atoms with van der Waals surface area (Å²) in [4.78, 5) is 25.8. The molecule has 0 aromatic heterocycles. The van der Waals surface area contributed by atoms with Gasteiger partial charge in [-0.2, -0.15) is 4.31 Å². The SMILES string of the molecule is O=C(OCC(=O)N1CCN(S(=O)(=O)c2ccc(Cl)cc2)CC1)c1ccccc1. The highest BCUT2D eigenvalue weighted by Gasteiger charge is 2.30. The van der Waals surface area contributed by atoms with E-state index in [0.717, 1.165) is 0 Å². The molecule has 0 bridgehead atoms. The number of benzene rings is 2. The van der Waals surface area contributed by atoms with E-state index in [2.05, 4.69) is 0 Å². The van der Waals surface area contributed by atoms with Crippen molar-refractivity contribution in [3.05, 3.63) is 65.2 Å². The Hall–Kier alpha value is -2.42. The van der Waals surface area contributed by atoms with Crippen molar-refractivity contribution in [2.75, 3.05) is 32.8 Å². The second kappa shape index (κ2) is 8.72. The van der Waals surface area contributed by atoms with Crippen molar-refractivity contribution in [1.82, 2.24) is 9.21 Å². The first kappa shape index (κ1) is 20.3. The topological polar surface area (TPSA) is 84.0 Å². The summed E-state index contributed by atoms with van der Waals surface area (Å²) < 4.78 is 31.7. The average molecular weight is 423 g/mol. The second-order valence-corrected chi connectivity index (χ2v) is 8.56. The van der Waals surface area contributed by atoms with E-state index >= 15 is 0 Å². The zero-order valence-electron chi connectivity index (χ0n) is 15.0. The smallest absolute Gasteiger partial charge is 0.338 e. The molecule has 0 N–H and O–H groups in total. The van der Waals surface area contributed by atoms with Gasteiger partial charge in [0.05, 0.1) is 10.5 Å². The number of nitrogens with zero attached hydrogens (tertiary/aromatic N) is 2. The van der Waals surface area contributed by atoms with E-state index in [1.165, 1.54) is 33.5 Å². The zero-order chi connectivity index (χ0) is 20.1. The van der Waals surface area contributed by atoms with E-state index in [9.17, 15) is 18.0 Å². The molecule has 0 spiro atoms. The number of amides is 1. The molecule has 1 amide bonds. The normalized spacial score (nSPS) is 15.2. The fourth-order valence-corrected chi connectivity index (χ4v) is 4.36. The number of rotatable bonds is 5. The van der Waals surface area contributed by atoms with Crippen molar-refractivity contribution < 1.29 is 22.7 Å². The first-order valence-corrected chi connectivity index (χ1v) is 10.5. The van der Waals surface area contributed by atoms with Gasteiger partial charge >= 0.3 is 5.97 Å². The fraction of sp³-hybridized carbons (Fsp3) is 0.263. The summed E-state index contributed by atoms with van der Waals surface area (Å²) in [6, 6.07) is 14.4. The van der Waals surface area contributed by atoms with Crippen LogP contribution in [0.1, 0.15) is 10.4 Å². The molecule has 1 fully saturated rings. The van der Waals surface area contributed by atoms with Crippen LogP contribution in [0, 0.1) is 0 Å². The minimum absolute atomic E-state index is 0.161. The van der Waals surface area contributed by atoms with Crippen molar-refractivity contribution in [3.8, 4) is 0 Å². The van der Waals surface area contributed by atoms with Gasteiger partial charge in [0.15, 0.2) is 6.61 Å². The predicted octanol–water partition coefficient (Wildman–Crippen LogP) is 2.03. The zero-order valence-corrected chi connectivity index (χ0v) is 16.5. The van der Waals surface area contributed by atoms with Gasteiger partial charge < -0.3 is 9.64 Å². The summed E-state index contributed by atoms with van der Waals surface area (Å²) in [6.07, 6.45) is 0. The molecule has 0 unspecified atom stereocenters. The van der Waals surface area contributed by atoms with Gasteiger partial charge in [0.25, 0.3) is 5.91 Å². The lowest BCUT2D eigenvalue weighted by molar-refractivity contribution is -0.135. The van der Waals surface area contributed by atoms with Crippen LogP contribution in [-0.2, 0) is 19.6 Å². The molecule has 148 valence electrons. The summed E-state index contributed by atoms with van der Waals surface area (Å²) in [5.74, 6) is -0.925. The number of carbonyl (C=O) groups excluding carboxylic acids is 2. The van der Waals surface area contributed by atoms with Crippen LogP contribution >= 0.6 is 11.6 Å². The molecule has 7 nitrogen and oxygen atoms in total. The highest BCUT2D eigenvalue weighted by Crippen LogP contribution is 2.20. The molecular formula is C19H19ClN2O5S. The molecule has 28 heavy (non-hydrogen) atoms. The Labute approximate surface area is 168 Å². The molecule has 0 aliphatic carbocycles. The van der Waals surface area contributed by atoms with E-state index in [-0.39, 0.29) is 43.6 Å². The molecular weight excluding hydrogens is 404 g/mol.